The number of rotatable bonds is 5. The second-order valence-corrected chi connectivity index (χ2v) is 3.75. The lowest BCUT2D eigenvalue weighted by molar-refractivity contribution is -0.153. The van der Waals surface area contributed by atoms with Crippen molar-refractivity contribution in [2.75, 3.05) is 25.5 Å². The molecule has 108 valence electrons. The van der Waals surface area contributed by atoms with E-state index >= 15 is 0 Å². The monoisotopic (exact) mass is 286 g/mol. The van der Waals surface area contributed by atoms with Gasteiger partial charge in [0, 0.05) is 12.6 Å². The number of nitrogens with one attached hydrogen (secondary N) is 2. The zero-order valence-electron chi connectivity index (χ0n) is 10.7. The lowest BCUT2D eigenvalue weighted by Crippen LogP contribution is -2.21. The lowest BCUT2D eigenvalue weighted by Gasteiger charge is -2.14. The van der Waals surface area contributed by atoms with Crippen LogP contribution < -0.4 is 15.4 Å². The quantitative estimate of drug-likeness (QED) is 0.814. The second-order valence-electron chi connectivity index (χ2n) is 3.75. The van der Waals surface area contributed by atoms with Crippen molar-refractivity contribution >= 4 is 11.6 Å². The predicted molar refractivity (Wildman–Crippen MR) is 68.7 cm³/mol. The predicted octanol–water partition coefficient (Wildman–Crippen LogP) is 2.03. The molecule has 0 heterocycles. The summed E-state index contributed by atoms with van der Waals surface area (Å²) in [7, 11) is 1.42. The number of amides is 1. The Morgan fingerprint density at radius 2 is 2.15 bits per heavy atom. The molecule has 0 unspecified atom stereocenters. The van der Waals surface area contributed by atoms with Crippen molar-refractivity contribution in [2.45, 2.75) is 6.18 Å². The van der Waals surface area contributed by atoms with E-state index in [0.29, 0.717) is 5.69 Å². The van der Waals surface area contributed by atoms with E-state index in [4.69, 9.17) is 11.2 Å². The van der Waals surface area contributed by atoms with Gasteiger partial charge in [0.25, 0.3) is 5.91 Å². The number of benzene rings is 1. The molecule has 0 fully saturated rings. The number of carbonyl (C=O) groups excluding carboxylic acids is 1. The number of ether oxygens (including phenoxy) is 1. The third kappa shape index (κ3) is 4.72. The minimum atomic E-state index is -4.47. The molecule has 0 aromatic heterocycles. The molecule has 0 aliphatic heterocycles. The van der Waals surface area contributed by atoms with E-state index in [-0.39, 0.29) is 17.9 Å². The van der Waals surface area contributed by atoms with Crippen LogP contribution in [0.1, 0.15) is 10.4 Å². The zero-order valence-corrected chi connectivity index (χ0v) is 10.7. The van der Waals surface area contributed by atoms with Gasteiger partial charge in [-0.25, -0.2) is 0 Å². The third-order valence-corrected chi connectivity index (χ3v) is 2.24. The van der Waals surface area contributed by atoms with Gasteiger partial charge in [-0.05, 0) is 18.2 Å². The molecule has 0 saturated carbocycles. The molecule has 0 atom stereocenters. The van der Waals surface area contributed by atoms with Crippen molar-refractivity contribution in [2.24, 2.45) is 0 Å². The molecule has 0 aliphatic carbocycles. The first kappa shape index (κ1) is 15.7. The maximum Gasteiger partial charge on any atom is 0.422 e. The molecule has 1 aromatic rings. The first-order valence-electron chi connectivity index (χ1n) is 5.60. The molecule has 2 N–H and O–H groups in total. The Kier molecular flexibility index (Phi) is 5.26. The molecular weight excluding hydrogens is 273 g/mol. The van der Waals surface area contributed by atoms with Gasteiger partial charge in [-0.3, -0.25) is 4.79 Å². The number of hydrogen-bond donors (Lipinski definition) is 2. The van der Waals surface area contributed by atoms with Gasteiger partial charge in [-0.15, -0.1) is 6.42 Å². The van der Waals surface area contributed by atoms with Crippen molar-refractivity contribution in [3.63, 3.8) is 0 Å². The van der Waals surface area contributed by atoms with Crippen LogP contribution in [0.2, 0.25) is 0 Å². The van der Waals surface area contributed by atoms with Gasteiger partial charge in [0.15, 0.2) is 6.61 Å². The summed E-state index contributed by atoms with van der Waals surface area (Å²) < 4.78 is 41.3. The van der Waals surface area contributed by atoms with Crippen molar-refractivity contribution in [1.29, 1.82) is 0 Å². The highest BCUT2D eigenvalue weighted by Gasteiger charge is 2.29. The second kappa shape index (κ2) is 6.70. The summed E-state index contributed by atoms with van der Waals surface area (Å²) in [6.07, 6.45) is 0.606. The topological polar surface area (TPSA) is 50.4 Å². The summed E-state index contributed by atoms with van der Waals surface area (Å²) in [5.74, 6) is 1.79. The molecule has 0 spiro atoms. The lowest BCUT2D eigenvalue weighted by atomic mass is 10.1. The molecular formula is C13H13F3N2O2. The maximum absolute atomic E-state index is 12.2. The minimum absolute atomic E-state index is 0.0846. The maximum atomic E-state index is 12.2. The number of alkyl halides is 3. The van der Waals surface area contributed by atoms with Gasteiger partial charge in [0.1, 0.15) is 5.75 Å². The van der Waals surface area contributed by atoms with E-state index in [1.165, 1.54) is 25.2 Å². The number of carbonyl (C=O) groups is 1. The van der Waals surface area contributed by atoms with Crippen molar-refractivity contribution in [3.05, 3.63) is 23.8 Å². The Hall–Kier alpha value is -2.36. The zero-order chi connectivity index (χ0) is 15.2. The number of hydrogen-bond acceptors (Lipinski definition) is 3. The molecule has 1 aromatic carbocycles. The molecule has 1 rings (SSSR count). The normalized spacial score (nSPS) is 10.6. The van der Waals surface area contributed by atoms with Crippen LogP contribution in [0.5, 0.6) is 5.75 Å². The van der Waals surface area contributed by atoms with Crippen LogP contribution in [0, 0.1) is 12.3 Å². The molecule has 4 nitrogen and oxygen atoms in total. The Balaban J connectivity index is 3.00. The first-order valence-corrected chi connectivity index (χ1v) is 5.60. The van der Waals surface area contributed by atoms with Gasteiger partial charge in [0.2, 0.25) is 0 Å². The Labute approximate surface area is 114 Å². The summed E-state index contributed by atoms with van der Waals surface area (Å²) in [5.41, 5.74) is 0.482. The summed E-state index contributed by atoms with van der Waals surface area (Å²) in [6, 6.07) is 4.12. The van der Waals surface area contributed by atoms with E-state index in [2.05, 4.69) is 16.6 Å². The van der Waals surface area contributed by atoms with Crippen LogP contribution in [-0.4, -0.2) is 32.3 Å². The van der Waals surface area contributed by atoms with E-state index in [1.54, 1.807) is 0 Å². The highest BCUT2D eigenvalue weighted by molar-refractivity contribution is 5.95. The van der Waals surface area contributed by atoms with Crippen LogP contribution in [0.4, 0.5) is 18.9 Å². The number of halogens is 3. The molecule has 0 bridgehead atoms. The van der Waals surface area contributed by atoms with Gasteiger partial charge >= 0.3 is 6.18 Å². The van der Waals surface area contributed by atoms with Gasteiger partial charge in [-0.2, -0.15) is 13.2 Å². The average Bonchev–Trinajstić information content (AvgIpc) is 2.41. The fraction of sp³-hybridized carbons (Fsp3) is 0.308. The smallest absolute Gasteiger partial charge is 0.422 e. The first-order chi connectivity index (χ1) is 9.37. The van der Waals surface area contributed by atoms with E-state index in [1.807, 2.05) is 0 Å². The molecule has 1 amide bonds. The van der Waals surface area contributed by atoms with E-state index in [9.17, 15) is 18.0 Å². The molecule has 7 heteroatoms. The standard InChI is InChI=1S/C13H13F3N2O2/c1-3-6-18-10-5-4-9(12(19)17-2)7-11(10)20-8-13(14,15)16/h1,4-5,7,18H,6,8H2,2H3,(H,17,19). The van der Waals surface area contributed by atoms with Crippen LogP contribution in [-0.2, 0) is 0 Å². The van der Waals surface area contributed by atoms with Crippen LogP contribution in [0.25, 0.3) is 0 Å². The summed E-state index contributed by atoms with van der Waals surface area (Å²) >= 11 is 0. The van der Waals surface area contributed by atoms with Crippen molar-refractivity contribution in [1.82, 2.24) is 5.32 Å². The Morgan fingerprint density at radius 3 is 2.70 bits per heavy atom. The summed E-state index contributed by atoms with van der Waals surface area (Å²) in [6.45, 7) is -1.32. The van der Waals surface area contributed by atoms with Crippen molar-refractivity contribution < 1.29 is 22.7 Å². The molecule has 0 aliphatic rings. The van der Waals surface area contributed by atoms with Crippen molar-refractivity contribution in [3.8, 4) is 18.1 Å². The van der Waals surface area contributed by atoms with Crippen LogP contribution in [0.3, 0.4) is 0 Å². The van der Waals surface area contributed by atoms with Crippen LogP contribution >= 0.6 is 0 Å². The van der Waals surface area contributed by atoms with Gasteiger partial charge in [-0.1, -0.05) is 5.92 Å². The fourth-order valence-electron chi connectivity index (χ4n) is 1.38. The number of terminal acetylenes is 1. The molecule has 0 radical (unpaired) electrons. The van der Waals surface area contributed by atoms with Crippen LogP contribution in [0.15, 0.2) is 18.2 Å². The summed E-state index contributed by atoms with van der Waals surface area (Å²) in [4.78, 5) is 11.5. The summed E-state index contributed by atoms with van der Waals surface area (Å²) in [5, 5.41) is 5.10. The molecule has 20 heavy (non-hydrogen) atoms. The van der Waals surface area contributed by atoms with Gasteiger partial charge in [0.05, 0.1) is 12.2 Å². The van der Waals surface area contributed by atoms with E-state index < -0.39 is 18.7 Å². The average molecular weight is 286 g/mol. The highest BCUT2D eigenvalue weighted by atomic mass is 19.4. The van der Waals surface area contributed by atoms with Gasteiger partial charge < -0.3 is 15.4 Å². The van der Waals surface area contributed by atoms with E-state index in [0.717, 1.165) is 0 Å². The third-order valence-electron chi connectivity index (χ3n) is 2.24. The SMILES string of the molecule is C#CCNc1ccc(C(=O)NC)cc1OCC(F)(F)F. The fourth-order valence-corrected chi connectivity index (χ4v) is 1.38. The molecule has 0 saturated heterocycles. The largest absolute Gasteiger partial charge is 0.482 e. The number of anilines is 1. The Morgan fingerprint density at radius 1 is 1.45 bits per heavy atom. The Bertz CT molecular complexity index is 521. The highest BCUT2D eigenvalue weighted by Crippen LogP contribution is 2.28. The minimum Gasteiger partial charge on any atom is -0.482 e.